The molecule has 3 aliphatic rings. The molecule has 0 bridgehead atoms. The van der Waals surface area contributed by atoms with E-state index in [-0.39, 0.29) is 0 Å². The Morgan fingerprint density at radius 3 is 2.83 bits per heavy atom. The molecule has 102 valence electrons. The lowest BCUT2D eigenvalue weighted by Gasteiger charge is -2.44. The van der Waals surface area contributed by atoms with Crippen LogP contribution in [-0.4, -0.2) is 61.0 Å². The van der Waals surface area contributed by atoms with Crippen molar-refractivity contribution < 1.29 is 4.79 Å². The van der Waals surface area contributed by atoms with Gasteiger partial charge in [-0.25, -0.2) is 0 Å². The smallest absolute Gasteiger partial charge is 0.236 e. The van der Waals surface area contributed by atoms with Crippen LogP contribution in [0, 0.1) is 5.92 Å². The Labute approximate surface area is 110 Å². The summed E-state index contributed by atoms with van der Waals surface area (Å²) >= 11 is 0. The maximum absolute atomic E-state index is 12.1. The highest BCUT2D eigenvalue weighted by molar-refractivity contribution is 5.78. The number of carbonyl (C=O) groups excluding carboxylic acids is 1. The van der Waals surface area contributed by atoms with Crippen molar-refractivity contribution in [1.82, 2.24) is 15.1 Å². The van der Waals surface area contributed by atoms with E-state index < -0.39 is 0 Å². The molecule has 2 aliphatic heterocycles. The summed E-state index contributed by atoms with van der Waals surface area (Å²) in [5, 5.41) is 3.31. The van der Waals surface area contributed by atoms with E-state index >= 15 is 0 Å². The third-order valence-electron chi connectivity index (χ3n) is 4.60. The molecule has 0 radical (unpaired) electrons. The van der Waals surface area contributed by atoms with Gasteiger partial charge in [-0.2, -0.15) is 0 Å². The number of nitrogens with zero attached hydrogens (tertiary/aromatic N) is 2. The summed E-state index contributed by atoms with van der Waals surface area (Å²) in [6.07, 6.45) is 6.65. The first-order valence-corrected chi connectivity index (χ1v) is 7.55. The number of hydrogen-bond acceptors (Lipinski definition) is 3. The molecule has 3 rings (SSSR count). The molecule has 18 heavy (non-hydrogen) atoms. The summed E-state index contributed by atoms with van der Waals surface area (Å²) in [5.74, 6) is 1.16. The van der Waals surface area contributed by atoms with Crippen LogP contribution in [0.3, 0.4) is 0 Å². The predicted octanol–water partition coefficient (Wildman–Crippen LogP) is 0.683. The molecule has 1 aliphatic carbocycles. The highest BCUT2D eigenvalue weighted by Gasteiger charge is 2.30. The minimum atomic E-state index is 0.306. The molecule has 1 saturated carbocycles. The largest absolute Gasteiger partial charge is 0.339 e. The maximum Gasteiger partial charge on any atom is 0.236 e. The van der Waals surface area contributed by atoms with Crippen LogP contribution in [0.2, 0.25) is 0 Å². The van der Waals surface area contributed by atoms with Gasteiger partial charge in [0.05, 0.1) is 6.54 Å². The van der Waals surface area contributed by atoms with Gasteiger partial charge in [0.2, 0.25) is 5.91 Å². The highest BCUT2D eigenvalue weighted by atomic mass is 16.2. The number of hydrogen-bond donors (Lipinski definition) is 1. The molecule has 3 fully saturated rings. The maximum atomic E-state index is 12.1. The fourth-order valence-corrected chi connectivity index (χ4v) is 3.20. The van der Waals surface area contributed by atoms with Gasteiger partial charge in [-0.05, 0) is 44.7 Å². The minimum Gasteiger partial charge on any atom is -0.339 e. The molecular weight excluding hydrogens is 226 g/mol. The standard InChI is InChI=1S/C14H25N3O/c18-14(10-15-9-12-4-5-12)17-8-7-16-6-2-1-3-13(16)11-17/h12-13,15H,1-11H2. The molecule has 0 aromatic heterocycles. The number of rotatable bonds is 4. The summed E-state index contributed by atoms with van der Waals surface area (Å²) < 4.78 is 0. The second-order valence-electron chi connectivity index (χ2n) is 6.10. The third-order valence-corrected chi connectivity index (χ3v) is 4.60. The van der Waals surface area contributed by atoms with Crippen LogP contribution in [0.1, 0.15) is 32.1 Å². The number of carbonyl (C=O) groups is 1. The lowest BCUT2D eigenvalue weighted by atomic mass is 9.99. The SMILES string of the molecule is O=C(CNCC1CC1)N1CCN2CCCCC2C1. The van der Waals surface area contributed by atoms with Gasteiger partial charge in [-0.3, -0.25) is 9.69 Å². The molecule has 2 saturated heterocycles. The number of nitrogens with one attached hydrogen (secondary N) is 1. The summed E-state index contributed by atoms with van der Waals surface area (Å²) in [6, 6.07) is 0.639. The zero-order valence-electron chi connectivity index (χ0n) is 11.2. The van der Waals surface area contributed by atoms with E-state index in [9.17, 15) is 4.79 Å². The van der Waals surface area contributed by atoms with E-state index in [2.05, 4.69) is 15.1 Å². The van der Waals surface area contributed by atoms with Gasteiger partial charge < -0.3 is 10.2 Å². The Kier molecular flexibility index (Phi) is 3.85. The average Bonchev–Trinajstić information content (AvgIpc) is 3.22. The lowest BCUT2D eigenvalue weighted by Crippen LogP contribution is -2.57. The van der Waals surface area contributed by atoms with Crippen LogP contribution in [0.5, 0.6) is 0 Å². The van der Waals surface area contributed by atoms with E-state index in [4.69, 9.17) is 0 Å². The van der Waals surface area contributed by atoms with E-state index in [0.29, 0.717) is 18.5 Å². The number of fused-ring (bicyclic) bond motifs is 1. The molecule has 0 aromatic carbocycles. The van der Waals surface area contributed by atoms with Gasteiger partial charge in [0.25, 0.3) is 0 Å². The van der Waals surface area contributed by atoms with Crippen LogP contribution in [-0.2, 0) is 4.79 Å². The first-order chi connectivity index (χ1) is 8.83. The Bertz CT molecular complexity index is 303. The van der Waals surface area contributed by atoms with Gasteiger partial charge in [-0.15, -0.1) is 0 Å². The molecular formula is C14H25N3O. The van der Waals surface area contributed by atoms with Crippen molar-refractivity contribution in [2.75, 3.05) is 39.3 Å². The summed E-state index contributed by atoms with van der Waals surface area (Å²) in [4.78, 5) is 16.8. The molecule has 1 amide bonds. The average molecular weight is 251 g/mol. The lowest BCUT2D eigenvalue weighted by molar-refractivity contribution is -0.133. The Morgan fingerprint density at radius 1 is 1.11 bits per heavy atom. The third kappa shape index (κ3) is 3.04. The van der Waals surface area contributed by atoms with Gasteiger partial charge in [-0.1, -0.05) is 6.42 Å². The van der Waals surface area contributed by atoms with Crippen molar-refractivity contribution in [2.45, 2.75) is 38.1 Å². The van der Waals surface area contributed by atoms with E-state index in [1.54, 1.807) is 0 Å². The topological polar surface area (TPSA) is 35.6 Å². The van der Waals surface area contributed by atoms with Crippen LogP contribution in [0.4, 0.5) is 0 Å². The Balaban J connectivity index is 1.42. The Morgan fingerprint density at radius 2 is 2.00 bits per heavy atom. The quantitative estimate of drug-likeness (QED) is 0.798. The normalized spacial score (nSPS) is 29.1. The number of amides is 1. The monoisotopic (exact) mass is 251 g/mol. The van der Waals surface area contributed by atoms with Crippen LogP contribution in [0.15, 0.2) is 0 Å². The fraction of sp³-hybridized carbons (Fsp3) is 0.929. The van der Waals surface area contributed by atoms with Crippen LogP contribution in [0.25, 0.3) is 0 Å². The minimum absolute atomic E-state index is 0.306. The highest BCUT2D eigenvalue weighted by Crippen LogP contribution is 2.27. The fourth-order valence-electron chi connectivity index (χ4n) is 3.20. The summed E-state index contributed by atoms with van der Waals surface area (Å²) in [6.45, 7) is 5.80. The van der Waals surface area contributed by atoms with Gasteiger partial charge in [0.1, 0.15) is 0 Å². The number of piperazine rings is 1. The molecule has 2 heterocycles. The molecule has 4 nitrogen and oxygen atoms in total. The van der Waals surface area contributed by atoms with Gasteiger partial charge in [0.15, 0.2) is 0 Å². The second kappa shape index (κ2) is 5.57. The molecule has 0 spiro atoms. The van der Waals surface area contributed by atoms with E-state index in [1.165, 1.54) is 38.6 Å². The zero-order valence-corrected chi connectivity index (χ0v) is 11.2. The number of piperidine rings is 1. The molecule has 1 unspecified atom stereocenters. The predicted molar refractivity (Wildman–Crippen MR) is 71.4 cm³/mol. The summed E-state index contributed by atoms with van der Waals surface area (Å²) in [5.41, 5.74) is 0. The molecule has 0 aromatic rings. The second-order valence-corrected chi connectivity index (χ2v) is 6.10. The van der Waals surface area contributed by atoms with Crippen molar-refractivity contribution in [3.63, 3.8) is 0 Å². The van der Waals surface area contributed by atoms with Crippen molar-refractivity contribution in [3.05, 3.63) is 0 Å². The van der Waals surface area contributed by atoms with Crippen molar-refractivity contribution in [1.29, 1.82) is 0 Å². The van der Waals surface area contributed by atoms with Crippen molar-refractivity contribution in [2.24, 2.45) is 5.92 Å². The van der Waals surface area contributed by atoms with Crippen molar-refractivity contribution in [3.8, 4) is 0 Å². The van der Waals surface area contributed by atoms with Crippen LogP contribution < -0.4 is 5.32 Å². The first-order valence-electron chi connectivity index (χ1n) is 7.55. The van der Waals surface area contributed by atoms with E-state index in [1.807, 2.05) is 0 Å². The van der Waals surface area contributed by atoms with Crippen molar-refractivity contribution >= 4 is 5.91 Å². The van der Waals surface area contributed by atoms with Gasteiger partial charge in [0, 0.05) is 25.7 Å². The van der Waals surface area contributed by atoms with Gasteiger partial charge >= 0.3 is 0 Å². The first kappa shape index (κ1) is 12.4. The molecule has 1 atom stereocenters. The molecule has 4 heteroatoms. The summed E-state index contributed by atoms with van der Waals surface area (Å²) in [7, 11) is 0. The molecule has 1 N–H and O–H groups in total. The Hall–Kier alpha value is -0.610. The van der Waals surface area contributed by atoms with Crippen LogP contribution >= 0.6 is 0 Å². The van der Waals surface area contributed by atoms with E-state index in [0.717, 1.165) is 32.1 Å². The zero-order chi connectivity index (χ0) is 12.4.